The number of fused-ring (bicyclic) bond motifs is 1. The molecular formula is C18H17FN2O4. The molecule has 0 aliphatic carbocycles. The first-order valence-electron chi connectivity index (χ1n) is 7.46. The molecule has 2 aromatic carbocycles. The van der Waals surface area contributed by atoms with Gasteiger partial charge in [-0.2, -0.15) is 0 Å². The van der Waals surface area contributed by atoms with Crippen LogP contribution >= 0.6 is 0 Å². The summed E-state index contributed by atoms with van der Waals surface area (Å²) in [6, 6.07) is 9.32. The van der Waals surface area contributed by atoms with Crippen LogP contribution in [-0.4, -0.2) is 32.2 Å². The van der Waals surface area contributed by atoms with Crippen molar-refractivity contribution >= 4 is 22.5 Å². The number of anilines is 1. The van der Waals surface area contributed by atoms with Crippen molar-refractivity contribution in [2.24, 2.45) is 0 Å². The number of aromatic amines is 1. The van der Waals surface area contributed by atoms with Crippen molar-refractivity contribution in [1.29, 1.82) is 0 Å². The first kappa shape index (κ1) is 16.6. The lowest BCUT2D eigenvalue weighted by Crippen LogP contribution is -2.12. The van der Waals surface area contributed by atoms with E-state index in [4.69, 9.17) is 14.2 Å². The fraction of sp³-hybridized carbons (Fsp3) is 0.167. The minimum absolute atomic E-state index is 0.244. The van der Waals surface area contributed by atoms with Gasteiger partial charge in [-0.05, 0) is 18.2 Å². The quantitative estimate of drug-likeness (QED) is 0.742. The van der Waals surface area contributed by atoms with Crippen LogP contribution in [0.3, 0.4) is 0 Å². The topological polar surface area (TPSA) is 72.6 Å². The number of halogens is 1. The summed E-state index contributed by atoms with van der Waals surface area (Å²) in [6.45, 7) is 0. The third kappa shape index (κ3) is 3.08. The number of nitrogens with one attached hydrogen (secondary N) is 2. The number of aromatic nitrogens is 1. The predicted molar refractivity (Wildman–Crippen MR) is 92.3 cm³/mol. The summed E-state index contributed by atoms with van der Waals surface area (Å²) in [7, 11) is 4.48. The summed E-state index contributed by atoms with van der Waals surface area (Å²) >= 11 is 0. The van der Waals surface area contributed by atoms with E-state index in [-0.39, 0.29) is 11.5 Å². The highest BCUT2D eigenvalue weighted by Crippen LogP contribution is 2.40. The standard InChI is InChI=1S/C18H17FN2O4/c1-23-15-7-10(8-16(24-2)17(15)25-3)20-18(22)14-9-11-12(19)5-4-6-13(11)21-14/h4-9,21H,1-3H3,(H,20,22). The predicted octanol–water partition coefficient (Wildman–Crippen LogP) is 3.59. The van der Waals surface area contributed by atoms with Gasteiger partial charge in [0.05, 0.1) is 21.3 Å². The maximum absolute atomic E-state index is 13.8. The van der Waals surface area contributed by atoms with Crippen molar-refractivity contribution in [3.8, 4) is 17.2 Å². The van der Waals surface area contributed by atoms with Crippen molar-refractivity contribution in [3.63, 3.8) is 0 Å². The van der Waals surface area contributed by atoms with Crippen LogP contribution < -0.4 is 19.5 Å². The molecule has 3 aromatic rings. The summed E-state index contributed by atoms with van der Waals surface area (Å²) in [5.74, 6) is 0.459. The zero-order chi connectivity index (χ0) is 18.0. The Morgan fingerprint density at radius 2 is 1.72 bits per heavy atom. The van der Waals surface area contributed by atoms with Gasteiger partial charge in [-0.3, -0.25) is 4.79 Å². The van der Waals surface area contributed by atoms with E-state index in [0.717, 1.165) is 0 Å². The van der Waals surface area contributed by atoms with Crippen molar-refractivity contribution in [3.05, 3.63) is 47.9 Å². The Kier molecular flexibility index (Phi) is 4.47. The maximum atomic E-state index is 13.8. The number of benzene rings is 2. The maximum Gasteiger partial charge on any atom is 0.272 e. The number of H-pyrrole nitrogens is 1. The van der Waals surface area contributed by atoms with Gasteiger partial charge in [0, 0.05) is 28.7 Å². The first-order chi connectivity index (χ1) is 12.1. The van der Waals surface area contributed by atoms with E-state index in [1.165, 1.54) is 33.5 Å². The number of amides is 1. The van der Waals surface area contributed by atoms with Crippen molar-refractivity contribution in [2.45, 2.75) is 0 Å². The number of carbonyl (C=O) groups excluding carboxylic acids is 1. The minimum atomic E-state index is -0.412. The zero-order valence-electron chi connectivity index (χ0n) is 14.0. The van der Waals surface area contributed by atoms with Crippen LogP contribution in [-0.2, 0) is 0 Å². The Morgan fingerprint density at radius 1 is 1.04 bits per heavy atom. The fourth-order valence-electron chi connectivity index (χ4n) is 2.59. The first-order valence-corrected chi connectivity index (χ1v) is 7.46. The largest absolute Gasteiger partial charge is 0.493 e. The molecule has 0 radical (unpaired) electrons. The fourth-order valence-corrected chi connectivity index (χ4v) is 2.59. The second kappa shape index (κ2) is 6.72. The van der Waals surface area contributed by atoms with Crippen LogP contribution in [0.15, 0.2) is 36.4 Å². The molecule has 0 aliphatic heterocycles. The average Bonchev–Trinajstić information content (AvgIpc) is 3.06. The highest BCUT2D eigenvalue weighted by Gasteiger charge is 2.16. The van der Waals surface area contributed by atoms with Gasteiger partial charge in [0.2, 0.25) is 5.75 Å². The van der Waals surface area contributed by atoms with E-state index in [2.05, 4.69) is 10.3 Å². The highest BCUT2D eigenvalue weighted by atomic mass is 19.1. The molecule has 0 unspecified atom stereocenters. The molecule has 0 saturated carbocycles. The van der Waals surface area contributed by atoms with Gasteiger partial charge >= 0.3 is 0 Å². The number of hydrogen-bond acceptors (Lipinski definition) is 4. The van der Waals surface area contributed by atoms with Crippen LogP contribution in [0.2, 0.25) is 0 Å². The summed E-state index contributed by atoms with van der Waals surface area (Å²) < 4.78 is 29.5. The van der Waals surface area contributed by atoms with Crippen LogP contribution in [0.4, 0.5) is 10.1 Å². The summed E-state index contributed by atoms with van der Waals surface area (Å²) in [5, 5.41) is 3.09. The molecule has 0 saturated heterocycles. The van der Waals surface area contributed by atoms with E-state index in [0.29, 0.717) is 33.8 Å². The molecular weight excluding hydrogens is 327 g/mol. The molecule has 1 aromatic heterocycles. The monoisotopic (exact) mass is 344 g/mol. The number of methoxy groups -OCH3 is 3. The lowest BCUT2D eigenvalue weighted by atomic mass is 10.2. The van der Waals surface area contributed by atoms with E-state index in [1.807, 2.05) is 0 Å². The molecule has 130 valence electrons. The van der Waals surface area contributed by atoms with Crippen LogP contribution in [0.5, 0.6) is 17.2 Å². The van der Waals surface area contributed by atoms with E-state index in [9.17, 15) is 9.18 Å². The number of ether oxygens (including phenoxy) is 3. The Labute approximate surface area is 143 Å². The average molecular weight is 344 g/mol. The van der Waals surface area contributed by atoms with Crippen molar-refractivity contribution in [1.82, 2.24) is 4.98 Å². The van der Waals surface area contributed by atoms with Crippen LogP contribution in [0, 0.1) is 5.82 Å². The molecule has 7 heteroatoms. The Morgan fingerprint density at radius 3 is 2.28 bits per heavy atom. The van der Waals surface area contributed by atoms with Gasteiger partial charge in [-0.1, -0.05) is 6.07 Å². The van der Waals surface area contributed by atoms with E-state index in [1.54, 1.807) is 24.3 Å². The van der Waals surface area contributed by atoms with Gasteiger partial charge < -0.3 is 24.5 Å². The molecule has 6 nitrogen and oxygen atoms in total. The molecule has 2 N–H and O–H groups in total. The molecule has 25 heavy (non-hydrogen) atoms. The van der Waals surface area contributed by atoms with E-state index >= 15 is 0 Å². The van der Waals surface area contributed by atoms with Gasteiger partial charge in [0.1, 0.15) is 11.5 Å². The van der Waals surface area contributed by atoms with E-state index < -0.39 is 5.91 Å². The van der Waals surface area contributed by atoms with Gasteiger partial charge in [-0.15, -0.1) is 0 Å². The molecule has 3 rings (SSSR count). The summed E-state index contributed by atoms with van der Waals surface area (Å²) in [5.41, 5.74) is 1.25. The SMILES string of the molecule is COc1cc(NC(=O)c2cc3c(F)cccc3[nH]2)cc(OC)c1OC. The minimum Gasteiger partial charge on any atom is -0.493 e. The Hall–Kier alpha value is -3.22. The zero-order valence-corrected chi connectivity index (χ0v) is 14.0. The molecule has 0 bridgehead atoms. The van der Waals surface area contributed by atoms with Crippen LogP contribution in [0.25, 0.3) is 10.9 Å². The number of rotatable bonds is 5. The number of hydrogen-bond donors (Lipinski definition) is 2. The summed E-state index contributed by atoms with van der Waals surface area (Å²) in [4.78, 5) is 15.4. The molecule has 0 atom stereocenters. The van der Waals surface area contributed by atoms with Gasteiger partial charge in [0.25, 0.3) is 5.91 Å². The lowest BCUT2D eigenvalue weighted by molar-refractivity contribution is 0.102. The molecule has 1 heterocycles. The third-order valence-corrected chi connectivity index (χ3v) is 3.78. The highest BCUT2D eigenvalue weighted by molar-refractivity contribution is 6.06. The van der Waals surface area contributed by atoms with Gasteiger partial charge in [-0.25, -0.2) is 4.39 Å². The van der Waals surface area contributed by atoms with Crippen LogP contribution in [0.1, 0.15) is 10.5 Å². The molecule has 0 aliphatic rings. The summed E-state index contributed by atoms with van der Waals surface area (Å²) in [6.07, 6.45) is 0. The molecule has 1 amide bonds. The normalized spacial score (nSPS) is 10.6. The lowest BCUT2D eigenvalue weighted by Gasteiger charge is -2.14. The molecule has 0 fully saturated rings. The second-order valence-electron chi connectivity index (χ2n) is 5.25. The number of carbonyl (C=O) groups is 1. The van der Waals surface area contributed by atoms with Crippen molar-refractivity contribution < 1.29 is 23.4 Å². The smallest absolute Gasteiger partial charge is 0.272 e. The Bertz CT molecular complexity index is 911. The Balaban J connectivity index is 1.93. The second-order valence-corrected chi connectivity index (χ2v) is 5.25. The third-order valence-electron chi connectivity index (χ3n) is 3.78. The van der Waals surface area contributed by atoms with Crippen molar-refractivity contribution in [2.75, 3.05) is 26.6 Å². The molecule has 0 spiro atoms. The van der Waals surface area contributed by atoms with Gasteiger partial charge in [0.15, 0.2) is 11.5 Å².